The quantitative estimate of drug-likeness (QED) is 0.724. The first-order valence-electron chi connectivity index (χ1n) is 6.11. The smallest absolute Gasteiger partial charge is 0.0457 e. The third kappa shape index (κ3) is 1.88. The molecule has 1 nitrogen and oxygen atoms in total. The van der Waals surface area contributed by atoms with Crippen molar-refractivity contribution in [2.45, 2.75) is 38.0 Å². The molecule has 0 radical (unpaired) electrons. The summed E-state index contributed by atoms with van der Waals surface area (Å²) >= 11 is 2.40. The van der Waals surface area contributed by atoms with Crippen LogP contribution in [-0.2, 0) is 0 Å². The molecule has 0 spiro atoms. The second-order valence-electron chi connectivity index (χ2n) is 4.77. The van der Waals surface area contributed by atoms with E-state index in [4.69, 9.17) is 0 Å². The van der Waals surface area contributed by atoms with E-state index in [9.17, 15) is 0 Å². The van der Waals surface area contributed by atoms with Crippen molar-refractivity contribution >= 4 is 33.5 Å². The Labute approximate surface area is 110 Å². The van der Waals surface area contributed by atoms with Crippen molar-refractivity contribution in [3.8, 4) is 0 Å². The van der Waals surface area contributed by atoms with Crippen LogP contribution >= 0.6 is 22.6 Å². The molecule has 0 unspecified atom stereocenters. The molecule has 0 saturated heterocycles. The molecule has 1 aliphatic carbocycles. The van der Waals surface area contributed by atoms with Gasteiger partial charge in [0, 0.05) is 20.7 Å². The van der Waals surface area contributed by atoms with Gasteiger partial charge in [-0.1, -0.05) is 19.3 Å². The number of benzene rings is 1. The number of fused-ring (bicyclic) bond motifs is 1. The van der Waals surface area contributed by atoms with Crippen molar-refractivity contribution in [3.63, 3.8) is 0 Å². The minimum Gasteiger partial charge on any atom is -0.361 e. The van der Waals surface area contributed by atoms with E-state index < -0.39 is 0 Å². The van der Waals surface area contributed by atoms with Crippen LogP contribution < -0.4 is 0 Å². The monoisotopic (exact) mass is 325 g/mol. The summed E-state index contributed by atoms with van der Waals surface area (Å²) in [6.07, 6.45) is 9.21. The fourth-order valence-electron chi connectivity index (χ4n) is 2.87. The highest BCUT2D eigenvalue weighted by Crippen LogP contribution is 2.36. The predicted octanol–water partition coefficient (Wildman–Crippen LogP) is 4.82. The Morgan fingerprint density at radius 1 is 1.12 bits per heavy atom. The Morgan fingerprint density at radius 3 is 2.75 bits per heavy atom. The zero-order chi connectivity index (χ0) is 11.0. The first-order chi connectivity index (χ1) is 7.84. The van der Waals surface area contributed by atoms with Gasteiger partial charge in [0.1, 0.15) is 0 Å². The van der Waals surface area contributed by atoms with E-state index in [1.807, 2.05) is 0 Å². The number of H-pyrrole nitrogens is 1. The fraction of sp³-hybridized carbons (Fsp3) is 0.429. The molecule has 1 fully saturated rings. The van der Waals surface area contributed by atoms with Crippen molar-refractivity contribution in [1.29, 1.82) is 0 Å². The number of hydrogen-bond acceptors (Lipinski definition) is 0. The van der Waals surface area contributed by atoms with Gasteiger partial charge >= 0.3 is 0 Å². The molecule has 1 saturated carbocycles. The summed E-state index contributed by atoms with van der Waals surface area (Å²) in [6.45, 7) is 0. The minimum atomic E-state index is 0.792. The van der Waals surface area contributed by atoms with E-state index in [1.165, 1.54) is 46.6 Å². The van der Waals surface area contributed by atoms with Gasteiger partial charge in [0.25, 0.3) is 0 Å². The number of aromatic amines is 1. The van der Waals surface area contributed by atoms with Gasteiger partial charge in [-0.15, -0.1) is 0 Å². The van der Waals surface area contributed by atoms with Gasteiger partial charge in [-0.25, -0.2) is 0 Å². The molecular weight excluding hydrogens is 309 g/mol. The van der Waals surface area contributed by atoms with E-state index in [1.54, 1.807) is 5.56 Å². The summed E-state index contributed by atoms with van der Waals surface area (Å²) in [5.41, 5.74) is 2.84. The largest absolute Gasteiger partial charge is 0.361 e. The minimum absolute atomic E-state index is 0.792. The Balaban J connectivity index is 2.05. The number of rotatable bonds is 1. The predicted molar refractivity (Wildman–Crippen MR) is 76.8 cm³/mol. The van der Waals surface area contributed by atoms with E-state index >= 15 is 0 Å². The zero-order valence-electron chi connectivity index (χ0n) is 9.30. The van der Waals surface area contributed by atoms with Crippen molar-refractivity contribution in [2.75, 3.05) is 0 Å². The summed E-state index contributed by atoms with van der Waals surface area (Å²) in [6, 6.07) is 6.68. The summed E-state index contributed by atoms with van der Waals surface area (Å²) in [5, 5.41) is 1.44. The van der Waals surface area contributed by atoms with Crippen LogP contribution in [0.1, 0.15) is 43.6 Å². The molecule has 3 rings (SSSR count). The molecule has 0 amide bonds. The van der Waals surface area contributed by atoms with Crippen molar-refractivity contribution in [1.82, 2.24) is 4.98 Å². The van der Waals surface area contributed by atoms with Crippen LogP contribution in [-0.4, -0.2) is 4.98 Å². The highest BCUT2D eigenvalue weighted by molar-refractivity contribution is 14.1. The van der Waals surface area contributed by atoms with Gasteiger partial charge in [0.15, 0.2) is 0 Å². The second-order valence-corrected chi connectivity index (χ2v) is 6.01. The first-order valence-corrected chi connectivity index (χ1v) is 7.19. The lowest BCUT2D eigenvalue weighted by molar-refractivity contribution is 0.445. The lowest BCUT2D eigenvalue weighted by Crippen LogP contribution is -2.03. The molecule has 0 bridgehead atoms. The topological polar surface area (TPSA) is 15.8 Å². The van der Waals surface area contributed by atoms with Crippen LogP contribution in [0.3, 0.4) is 0 Å². The maximum absolute atomic E-state index is 3.41. The van der Waals surface area contributed by atoms with Crippen LogP contribution in [0.4, 0.5) is 0 Å². The van der Waals surface area contributed by atoms with Crippen LogP contribution in [0.15, 0.2) is 24.4 Å². The molecule has 1 aromatic carbocycles. The molecule has 1 aromatic heterocycles. The second kappa shape index (κ2) is 4.40. The standard InChI is InChI=1S/C14H16IN/c15-11-6-7-14-12(8-11)13(9-16-14)10-4-2-1-3-5-10/h6-10,16H,1-5H2. The third-order valence-corrected chi connectivity index (χ3v) is 4.39. The lowest BCUT2D eigenvalue weighted by atomic mass is 9.84. The fourth-order valence-corrected chi connectivity index (χ4v) is 3.36. The third-order valence-electron chi connectivity index (χ3n) is 3.72. The van der Waals surface area contributed by atoms with Gasteiger partial charge in [0.2, 0.25) is 0 Å². The maximum atomic E-state index is 3.41. The van der Waals surface area contributed by atoms with E-state index in [-0.39, 0.29) is 0 Å². The highest BCUT2D eigenvalue weighted by Gasteiger charge is 2.18. The molecule has 0 aliphatic heterocycles. The van der Waals surface area contributed by atoms with Crippen LogP contribution in [0.2, 0.25) is 0 Å². The van der Waals surface area contributed by atoms with E-state index in [2.05, 4.69) is 52.0 Å². The maximum Gasteiger partial charge on any atom is 0.0457 e. The summed E-state index contributed by atoms with van der Waals surface area (Å²) in [4.78, 5) is 3.41. The Morgan fingerprint density at radius 2 is 1.94 bits per heavy atom. The Bertz CT molecular complexity index is 494. The molecule has 1 heterocycles. The number of aromatic nitrogens is 1. The van der Waals surface area contributed by atoms with Crippen molar-refractivity contribution in [3.05, 3.63) is 33.5 Å². The number of hydrogen-bond donors (Lipinski definition) is 1. The van der Waals surface area contributed by atoms with Gasteiger partial charge in [-0.3, -0.25) is 0 Å². The Hall–Kier alpha value is -0.510. The summed E-state index contributed by atoms with van der Waals surface area (Å²) in [7, 11) is 0. The molecule has 84 valence electrons. The number of nitrogens with one attached hydrogen (secondary N) is 1. The number of halogens is 1. The van der Waals surface area contributed by atoms with E-state index in [0.717, 1.165) is 5.92 Å². The normalized spacial score (nSPS) is 18.1. The summed E-state index contributed by atoms with van der Waals surface area (Å²) < 4.78 is 1.33. The molecule has 0 atom stereocenters. The van der Waals surface area contributed by atoms with Gasteiger partial charge in [-0.2, -0.15) is 0 Å². The molecule has 2 heteroatoms. The van der Waals surface area contributed by atoms with Crippen LogP contribution in [0.25, 0.3) is 10.9 Å². The van der Waals surface area contributed by atoms with Gasteiger partial charge in [-0.05, 0) is 65.1 Å². The van der Waals surface area contributed by atoms with Gasteiger partial charge < -0.3 is 4.98 Å². The molecule has 2 aromatic rings. The average molecular weight is 325 g/mol. The molecular formula is C14H16IN. The molecule has 1 aliphatic rings. The molecule has 1 N–H and O–H groups in total. The Kier molecular flexibility index (Phi) is 2.92. The van der Waals surface area contributed by atoms with Crippen molar-refractivity contribution in [2.24, 2.45) is 0 Å². The first kappa shape index (κ1) is 10.6. The lowest BCUT2D eigenvalue weighted by Gasteiger charge is -2.21. The highest BCUT2D eigenvalue weighted by atomic mass is 127. The summed E-state index contributed by atoms with van der Waals surface area (Å²) in [5.74, 6) is 0.792. The zero-order valence-corrected chi connectivity index (χ0v) is 11.5. The average Bonchev–Trinajstić information content (AvgIpc) is 2.73. The van der Waals surface area contributed by atoms with Crippen LogP contribution in [0, 0.1) is 3.57 Å². The SMILES string of the molecule is Ic1ccc2[nH]cc(C3CCCCC3)c2c1. The molecule has 16 heavy (non-hydrogen) atoms. The van der Waals surface area contributed by atoms with Gasteiger partial charge in [0.05, 0.1) is 0 Å². The van der Waals surface area contributed by atoms with E-state index in [0.29, 0.717) is 0 Å². The van der Waals surface area contributed by atoms with Crippen LogP contribution in [0.5, 0.6) is 0 Å². The van der Waals surface area contributed by atoms with Crippen molar-refractivity contribution < 1.29 is 0 Å².